The summed E-state index contributed by atoms with van der Waals surface area (Å²) in [5.74, 6) is -1.56. The van der Waals surface area contributed by atoms with E-state index in [4.69, 9.17) is 9.47 Å². The SMILES string of the molecule is Cc1c(-c2cc3cc(NC(=O)OC4CC5(CCN(C6CCN(c7ccc8c(c7)C(=O)N(C7CCC(=O)NC7=O)C8=O)CC6)CC5)C4)ncc3cc2F)cnc2c1NCCO2. The summed E-state index contributed by atoms with van der Waals surface area (Å²) < 4.78 is 26.8. The number of pyridine rings is 2. The lowest BCUT2D eigenvalue weighted by molar-refractivity contribution is -0.136. The van der Waals surface area contributed by atoms with Gasteiger partial charge in [-0.1, -0.05) is 0 Å². The highest BCUT2D eigenvalue weighted by Gasteiger charge is 2.49. The fraction of sp³-hybridized carbons (Fsp3) is 0.432. The number of aromatic nitrogens is 2. The van der Waals surface area contributed by atoms with Crippen LogP contribution >= 0.6 is 0 Å². The summed E-state index contributed by atoms with van der Waals surface area (Å²) in [7, 11) is 0. The number of carbonyl (C=O) groups is 5. The first-order chi connectivity index (χ1) is 29.0. The van der Waals surface area contributed by atoms with Crippen LogP contribution in [0.25, 0.3) is 21.9 Å². The van der Waals surface area contributed by atoms with E-state index in [1.54, 1.807) is 36.7 Å². The van der Waals surface area contributed by atoms with Gasteiger partial charge in [0.05, 0.1) is 11.1 Å². The number of hydrogen-bond donors (Lipinski definition) is 3. The van der Waals surface area contributed by atoms with Crippen LogP contribution < -0.4 is 25.6 Å². The van der Waals surface area contributed by atoms with Crippen molar-refractivity contribution in [1.29, 1.82) is 0 Å². The van der Waals surface area contributed by atoms with Crippen molar-refractivity contribution in [3.05, 3.63) is 71.3 Å². The van der Waals surface area contributed by atoms with Gasteiger partial charge in [0.15, 0.2) is 0 Å². The lowest BCUT2D eigenvalue weighted by Crippen LogP contribution is -2.54. The van der Waals surface area contributed by atoms with Crippen molar-refractivity contribution >= 4 is 57.7 Å². The average molecular weight is 817 g/mol. The van der Waals surface area contributed by atoms with Gasteiger partial charge in [-0.15, -0.1) is 0 Å². The standard InChI is InChI=1S/C44H45FN8O7/c1-24-33(23-48-40-38(24)46-10-15-59-40)31-16-25-18-36(47-22-26(25)17-34(31)45)49-43(58)60-29-20-44(21-29)8-13-52(14-9-44)27-6-11-51(12-7-27)28-2-3-30-32(19-28)42(57)53(41(30)56)35-4-5-37(54)50-39(35)55/h2-3,16-19,22-23,27,29,35,46H,4-15,20-21H2,1H3,(H,47,49,58)(H,50,54,55). The van der Waals surface area contributed by atoms with Gasteiger partial charge in [-0.2, -0.15) is 0 Å². The van der Waals surface area contributed by atoms with Crippen molar-refractivity contribution in [2.24, 2.45) is 5.41 Å². The molecule has 5 aliphatic heterocycles. The molecule has 310 valence electrons. The molecule has 2 aromatic carbocycles. The number of piperidine rings is 3. The molecular weight excluding hydrogens is 772 g/mol. The number of rotatable bonds is 6. The fourth-order valence-electron chi connectivity index (χ4n) is 10.1. The molecule has 1 aliphatic carbocycles. The van der Waals surface area contributed by atoms with Crippen LogP contribution in [-0.4, -0.2) is 107 Å². The molecule has 10 rings (SSSR count). The van der Waals surface area contributed by atoms with Crippen LogP contribution in [0.3, 0.4) is 0 Å². The zero-order valence-corrected chi connectivity index (χ0v) is 33.2. The number of likely N-dealkylation sites (tertiary alicyclic amines) is 1. The van der Waals surface area contributed by atoms with Crippen LogP contribution in [0.1, 0.15) is 77.6 Å². The molecule has 16 heteroatoms. The maximum absolute atomic E-state index is 15.3. The van der Waals surface area contributed by atoms with E-state index in [-0.39, 0.29) is 29.9 Å². The van der Waals surface area contributed by atoms with Gasteiger partial charge in [0.25, 0.3) is 11.8 Å². The number of imide groups is 2. The summed E-state index contributed by atoms with van der Waals surface area (Å²) in [4.78, 5) is 78.2. The van der Waals surface area contributed by atoms with Gasteiger partial charge in [0.2, 0.25) is 17.7 Å². The molecule has 1 saturated carbocycles. The largest absolute Gasteiger partial charge is 0.474 e. The maximum Gasteiger partial charge on any atom is 0.413 e. The van der Waals surface area contributed by atoms with Gasteiger partial charge in [-0.25, -0.2) is 19.2 Å². The minimum atomic E-state index is -0.983. The first-order valence-electron chi connectivity index (χ1n) is 20.8. The summed E-state index contributed by atoms with van der Waals surface area (Å²) in [6.45, 7) is 6.70. The molecule has 1 atom stereocenters. The van der Waals surface area contributed by atoms with E-state index in [0.29, 0.717) is 53.0 Å². The summed E-state index contributed by atoms with van der Waals surface area (Å²) in [5, 5.41) is 9.64. The van der Waals surface area contributed by atoms with Crippen LogP contribution in [0.4, 0.5) is 26.4 Å². The quantitative estimate of drug-likeness (QED) is 0.212. The van der Waals surface area contributed by atoms with Crippen molar-refractivity contribution in [3.8, 4) is 17.0 Å². The molecule has 3 saturated heterocycles. The first-order valence-corrected chi connectivity index (χ1v) is 20.8. The smallest absolute Gasteiger partial charge is 0.413 e. The molecule has 2 aromatic heterocycles. The van der Waals surface area contributed by atoms with Gasteiger partial charge < -0.3 is 24.6 Å². The van der Waals surface area contributed by atoms with E-state index in [1.165, 1.54) is 6.07 Å². The molecular formula is C44H45FN8O7. The normalized spacial score (nSPS) is 21.9. The minimum Gasteiger partial charge on any atom is -0.474 e. The highest BCUT2D eigenvalue weighted by molar-refractivity contribution is 6.23. The van der Waals surface area contributed by atoms with Gasteiger partial charge in [0.1, 0.15) is 36.1 Å². The number of amides is 5. The zero-order chi connectivity index (χ0) is 41.3. The molecule has 1 spiro atoms. The summed E-state index contributed by atoms with van der Waals surface area (Å²) in [5.41, 5.74) is 4.29. The molecule has 7 heterocycles. The number of halogens is 1. The number of hydrogen-bond acceptors (Lipinski definition) is 12. The van der Waals surface area contributed by atoms with E-state index in [9.17, 15) is 24.0 Å². The van der Waals surface area contributed by atoms with Crippen molar-refractivity contribution in [2.45, 2.75) is 76.5 Å². The molecule has 60 heavy (non-hydrogen) atoms. The average Bonchev–Trinajstić information content (AvgIpc) is 3.48. The number of fused-ring (bicyclic) bond motifs is 3. The van der Waals surface area contributed by atoms with Crippen molar-refractivity contribution in [1.82, 2.24) is 25.1 Å². The van der Waals surface area contributed by atoms with Crippen molar-refractivity contribution in [3.63, 3.8) is 0 Å². The monoisotopic (exact) mass is 816 g/mol. The van der Waals surface area contributed by atoms with E-state index in [0.717, 1.165) is 91.9 Å². The van der Waals surface area contributed by atoms with E-state index in [2.05, 4.69) is 35.7 Å². The highest BCUT2D eigenvalue weighted by Crippen LogP contribution is 2.51. The molecule has 0 bridgehead atoms. The summed E-state index contributed by atoms with van der Waals surface area (Å²) >= 11 is 0. The van der Waals surface area contributed by atoms with Gasteiger partial charge in [0, 0.05) is 66.7 Å². The number of anilines is 3. The lowest BCUT2D eigenvalue weighted by Gasteiger charge is -2.53. The molecule has 3 N–H and O–H groups in total. The Hall–Kier alpha value is -6.16. The van der Waals surface area contributed by atoms with Crippen LogP contribution in [0, 0.1) is 18.2 Å². The fourth-order valence-corrected chi connectivity index (χ4v) is 10.1. The van der Waals surface area contributed by atoms with E-state index < -0.39 is 41.6 Å². The third-order valence-electron chi connectivity index (χ3n) is 13.5. The Morgan fingerprint density at radius 2 is 1.68 bits per heavy atom. The van der Waals surface area contributed by atoms with E-state index >= 15 is 4.39 Å². The zero-order valence-electron chi connectivity index (χ0n) is 33.2. The first kappa shape index (κ1) is 38.1. The van der Waals surface area contributed by atoms with Gasteiger partial charge >= 0.3 is 6.09 Å². The molecule has 4 fully saturated rings. The number of nitrogens with zero attached hydrogens (tertiary/aromatic N) is 5. The Morgan fingerprint density at radius 3 is 2.47 bits per heavy atom. The summed E-state index contributed by atoms with van der Waals surface area (Å²) in [6.07, 6.45) is 8.36. The van der Waals surface area contributed by atoms with Crippen LogP contribution in [0.15, 0.2) is 48.8 Å². The number of benzene rings is 2. The second-order valence-corrected chi connectivity index (χ2v) is 17.0. The third-order valence-corrected chi connectivity index (χ3v) is 13.5. The topological polar surface area (TPSA) is 175 Å². The maximum atomic E-state index is 15.3. The van der Waals surface area contributed by atoms with Gasteiger partial charge in [-0.05, 0) is 118 Å². The lowest BCUT2D eigenvalue weighted by atomic mass is 9.61. The molecule has 0 radical (unpaired) electrons. The minimum absolute atomic E-state index is 0.0839. The predicted molar refractivity (Wildman–Crippen MR) is 218 cm³/mol. The van der Waals surface area contributed by atoms with Crippen LogP contribution in [0.5, 0.6) is 5.88 Å². The predicted octanol–water partition coefficient (Wildman–Crippen LogP) is 5.41. The molecule has 4 aromatic rings. The third kappa shape index (κ3) is 6.75. The number of nitrogens with one attached hydrogen (secondary N) is 3. The second-order valence-electron chi connectivity index (χ2n) is 17.0. The Labute approximate surface area is 345 Å². The Balaban J connectivity index is 0.697. The Kier molecular flexibility index (Phi) is 9.41. The summed E-state index contributed by atoms with van der Waals surface area (Å²) in [6, 6.07) is 9.69. The molecule has 5 amide bonds. The second kappa shape index (κ2) is 14.8. The van der Waals surface area contributed by atoms with Gasteiger partial charge in [-0.3, -0.25) is 34.7 Å². The Morgan fingerprint density at radius 1 is 0.900 bits per heavy atom. The highest BCUT2D eigenvalue weighted by atomic mass is 19.1. The molecule has 6 aliphatic rings. The van der Waals surface area contributed by atoms with Crippen molar-refractivity contribution in [2.75, 3.05) is 54.9 Å². The van der Waals surface area contributed by atoms with Crippen LogP contribution in [-0.2, 0) is 14.3 Å². The van der Waals surface area contributed by atoms with Crippen molar-refractivity contribution < 1.29 is 37.8 Å². The van der Waals surface area contributed by atoms with Crippen LogP contribution in [0.2, 0.25) is 0 Å². The number of carbonyl (C=O) groups excluding carboxylic acids is 5. The Bertz CT molecular complexity index is 2470. The molecule has 1 unspecified atom stereocenters. The number of ether oxygens (including phenoxy) is 2. The van der Waals surface area contributed by atoms with E-state index in [1.807, 2.05) is 13.0 Å². The molecule has 15 nitrogen and oxygen atoms in total.